The van der Waals surface area contributed by atoms with Gasteiger partial charge in [-0.15, -0.1) is 0 Å². The number of hydrogen-bond donors (Lipinski definition) is 1. The van der Waals surface area contributed by atoms with E-state index in [-0.39, 0.29) is 13.6 Å². The molecule has 3 rings (SSSR count). The maximum absolute atomic E-state index is 5.66. The quantitative estimate of drug-likeness (QED) is 0.604. The summed E-state index contributed by atoms with van der Waals surface area (Å²) in [5.41, 5.74) is 1.08. The number of fused-ring (bicyclic) bond motifs is 1. The molecule has 1 aromatic rings. The van der Waals surface area contributed by atoms with Crippen molar-refractivity contribution in [2.45, 2.75) is 32.4 Å². The molecule has 1 aliphatic carbocycles. The summed E-state index contributed by atoms with van der Waals surface area (Å²) in [4.78, 5) is 0. The second-order valence-corrected chi connectivity index (χ2v) is 4.72. The molecule has 0 amide bonds. The van der Waals surface area contributed by atoms with E-state index in [2.05, 4.69) is 5.32 Å². The summed E-state index contributed by atoms with van der Waals surface area (Å²) in [6.07, 6.45) is 2.53. The van der Waals surface area contributed by atoms with Crippen molar-refractivity contribution in [1.29, 1.82) is 0 Å². The summed E-state index contributed by atoms with van der Waals surface area (Å²) in [7, 11) is 0. The highest BCUT2D eigenvalue weighted by atomic mass is 16.7. The van der Waals surface area contributed by atoms with Crippen LogP contribution in [0.1, 0.15) is 25.3 Å². The lowest BCUT2D eigenvalue weighted by Crippen LogP contribution is -2.16. The van der Waals surface area contributed by atoms with Crippen LogP contribution in [-0.4, -0.2) is 26.2 Å². The van der Waals surface area contributed by atoms with Crippen molar-refractivity contribution in [3.05, 3.63) is 17.7 Å². The number of benzene rings is 1. The van der Waals surface area contributed by atoms with E-state index in [4.69, 9.17) is 18.9 Å². The molecule has 1 N–H and O–H groups in total. The van der Waals surface area contributed by atoms with Gasteiger partial charge in [-0.05, 0) is 25.8 Å². The fourth-order valence-corrected chi connectivity index (χ4v) is 1.97. The molecule has 104 valence electrons. The molecule has 0 radical (unpaired) electrons. The van der Waals surface area contributed by atoms with Gasteiger partial charge in [0.25, 0.3) is 0 Å². The van der Waals surface area contributed by atoms with Crippen LogP contribution in [-0.2, 0) is 11.3 Å². The zero-order chi connectivity index (χ0) is 13.1. The van der Waals surface area contributed by atoms with Crippen LogP contribution in [0.5, 0.6) is 17.2 Å². The van der Waals surface area contributed by atoms with E-state index in [0.29, 0.717) is 12.6 Å². The van der Waals surface area contributed by atoms with Gasteiger partial charge in [-0.3, -0.25) is 0 Å². The van der Waals surface area contributed by atoms with Crippen molar-refractivity contribution in [3.63, 3.8) is 0 Å². The van der Waals surface area contributed by atoms with Gasteiger partial charge in [-0.1, -0.05) is 0 Å². The van der Waals surface area contributed by atoms with Gasteiger partial charge >= 0.3 is 0 Å². The van der Waals surface area contributed by atoms with Crippen LogP contribution in [0, 0.1) is 0 Å². The van der Waals surface area contributed by atoms with Crippen LogP contribution in [0.15, 0.2) is 12.1 Å². The van der Waals surface area contributed by atoms with E-state index in [9.17, 15) is 0 Å². The summed E-state index contributed by atoms with van der Waals surface area (Å²) >= 11 is 0. The van der Waals surface area contributed by atoms with E-state index in [1.807, 2.05) is 19.1 Å². The Morgan fingerprint density at radius 3 is 2.79 bits per heavy atom. The van der Waals surface area contributed by atoms with Gasteiger partial charge in [0, 0.05) is 30.8 Å². The molecule has 19 heavy (non-hydrogen) atoms. The van der Waals surface area contributed by atoms with E-state index in [0.717, 1.165) is 29.4 Å². The Bertz CT molecular complexity index is 445. The molecule has 1 aromatic carbocycles. The Morgan fingerprint density at radius 1 is 1.26 bits per heavy atom. The van der Waals surface area contributed by atoms with Gasteiger partial charge < -0.3 is 24.3 Å². The van der Waals surface area contributed by atoms with Gasteiger partial charge in [-0.2, -0.15) is 0 Å². The standard InChI is InChI=1S/C14H19NO4/c1-2-16-8-17-12-6-14-13(18-9-19-14)5-10(12)7-15-11-3-4-11/h5-6,11,15H,2-4,7-9H2,1H3. The van der Waals surface area contributed by atoms with Crippen LogP contribution < -0.4 is 19.5 Å². The van der Waals surface area contributed by atoms with E-state index in [1.54, 1.807) is 0 Å². The first-order valence-corrected chi connectivity index (χ1v) is 6.73. The van der Waals surface area contributed by atoms with Crippen LogP contribution in [0.2, 0.25) is 0 Å². The molecular formula is C14H19NO4. The van der Waals surface area contributed by atoms with Crippen molar-refractivity contribution in [2.24, 2.45) is 0 Å². The van der Waals surface area contributed by atoms with Crippen molar-refractivity contribution in [2.75, 3.05) is 20.2 Å². The minimum Gasteiger partial charge on any atom is -0.467 e. The van der Waals surface area contributed by atoms with Crippen LogP contribution in [0.3, 0.4) is 0 Å². The first kappa shape index (κ1) is 12.6. The molecule has 0 aromatic heterocycles. The molecule has 0 atom stereocenters. The Morgan fingerprint density at radius 2 is 2.05 bits per heavy atom. The molecule has 0 saturated heterocycles. The summed E-state index contributed by atoms with van der Waals surface area (Å²) < 4.78 is 21.7. The Hall–Kier alpha value is -1.46. The highest BCUT2D eigenvalue weighted by Gasteiger charge is 2.22. The summed E-state index contributed by atoms with van der Waals surface area (Å²) in [5, 5.41) is 3.48. The number of ether oxygens (including phenoxy) is 4. The van der Waals surface area contributed by atoms with Gasteiger partial charge in [0.2, 0.25) is 6.79 Å². The monoisotopic (exact) mass is 265 g/mol. The Kier molecular flexibility index (Phi) is 3.75. The minimum atomic E-state index is 0.257. The predicted octanol–water partition coefficient (Wildman–Crippen LogP) is 2.04. The second-order valence-electron chi connectivity index (χ2n) is 4.72. The van der Waals surface area contributed by atoms with Gasteiger partial charge in [0.1, 0.15) is 5.75 Å². The lowest BCUT2D eigenvalue weighted by Gasteiger charge is -2.13. The second kappa shape index (κ2) is 5.67. The molecule has 5 heteroatoms. The molecule has 2 aliphatic rings. The van der Waals surface area contributed by atoms with Crippen molar-refractivity contribution >= 4 is 0 Å². The lowest BCUT2D eigenvalue weighted by molar-refractivity contribution is 0.0217. The highest BCUT2D eigenvalue weighted by Crippen LogP contribution is 2.38. The Balaban J connectivity index is 1.72. The maximum Gasteiger partial charge on any atom is 0.231 e. The average Bonchev–Trinajstić information content (AvgIpc) is 3.14. The molecule has 0 bridgehead atoms. The van der Waals surface area contributed by atoms with Gasteiger partial charge in [0.05, 0.1) is 0 Å². The first-order valence-electron chi connectivity index (χ1n) is 6.73. The van der Waals surface area contributed by atoms with Crippen LogP contribution >= 0.6 is 0 Å². The fraction of sp³-hybridized carbons (Fsp3) is 0.571. The molecule has 5 nitrogen and oxygen atoms in total. The zero-order valence-corrected chi connectivity index (χ0v) is 11.1. The highest BCUT2D eigenvalue weighted by molar-refractivity contribution is 5.51. The third-order valence-corrected chi connectivity index (χ3v) is 3.22. The van der Waals surface area contributed by atoms with Gasteiger partial charge in [0.15, 0.2) is 18.3 Å². The molecule has 1 saturated carbocycles. The van der Waals surface area contributed by atoms with Crippen molar-refractivity contribution < 1.29 is 18.9 Å². The van der Waals surface area contributed by atoms with Crippen molar-refractivity contribution in [1.82, 2.24) is 5.32 Å². The van der Waals surface area contributed by atoms with E-state index >= 15 is 0 Å². The fourth-order valence-electron chi connectivity index (χ4n) is 1.97. The average molecular weight is 265 g/mol. The first-order chi connectivity index (χ1) is 9.36. The normalized spacial score (nSPS) is 16.7. The number of nitrogens with one attached hydrogen (secondary N) is 1. The predicted molar refractivity (Wildman–Crippen MR) is 69.5 cm³/mol. The molecule has 1 aliphatic heterocycles. The molecular weight excluding hydrogens is 246 g/mol. The largest absolute Gasteiger partial charge is 0.467 e. The van der Waals surface area contributed by atoms with Gasteiger partial charge in [-0.25, -0.2) is 0 Å². The summed E-state index contributed by atoms with van der Waals surface area (Å²) in [6.45, 7) is 3.90. The van der Waals surface area contributed by atoms with E-state index < -0.39 is 0 Å². The van der Waals surface area contributed by atoms with Crippen LogP contribution in [0.25, 0.3) is 0 Å². The smallest absolute Gasteiger partial charge is 0.231 e. The molecule has 1 heterocycles. The summed E-state index contributed by atoms with van der Waals surface area (Å²) in [6, 6.07) is 4.52. The summed E-state index contributed by atoms with van der Waals surface area (Å²) in [5.74, 6) is 2.32. The van der Waals surface area contributed by atoms with Crippen LogP contribution in [0.4, 0.5) is 0 Å². The Labute approximate surface area is 112 Å². The number of hydrogen-bond acceptors (Lipinski definition) is 5. The third-order valence-electron chi connectivity index (χ3n) is 3.22. The zero-order valence-electron chi connectivity index (χ0n) is 11.1. The van der Waals surface area contributed by atoms with Crippen molar-refractivity contribution in [3.8, 4) is 17.2 Å². The number of rotatable bonds is 7. The minimum absolute atomic E-state index is 0.257. The lowest BCUT2D eigenvalue weighted by atomic mass is 10.1. The molecule has 1 fully saturated rings. The molecule has 0 unspecified atom stereocenters. The SMILES string of the molecule is CCOCOc1cc2c(cc1CNC1CC1)OCO2. The third kappa shape index (κ3) is 3.11. The van der Waals surface area contributed by atoms with E-state index in [1.165, 1.54) is 12.8 Å². The molecule has 0 spiro atoms. The topological polar surface area (TPSA) is 49.0 Å². The maximum atomic E-state index is 5.66.